The van der Waals surface area contributed by atoms with Gasteiger partial charge in [0.25, 0.3) is 0 Å². The molecule has 0 saturated heterocycles. The van der Waals surface area contributed by atoms with Crippen LogP contribution in [-0.4, -0.2) is 23.6 Å². The first-order valence-corrected chi connectivity index (χ1v) is 7.34. The van der Waals surface area contributed by atoms with Crippen LogP contribution < -0.4 is 5.32 Å². The molecule has 1 aromatic heterocycles. The molecule has 0 spiro atoms. The van der Waals surface area contributed by atoms with Gasteiger partial charge in [-0.2, -0.15) is 0 Å². The Morgan fingerprint density at radius 2 is 2.05 bits per heavy atom. The number of hydrogen-bond acceptors (Lipinski definition) is 4. The Hall–Kier alpha value is -1.16. The number of methoxy groups -OCH3 is 1. The number of anilines is 1. The minimum absolute atomic E-state index is 0.389. The fraction of sp³-hybridized carbons (Fsp3) is 0.733. The van der Waals surface area contributed by atoms with Crippen molar-refractivity contribution in [1.29, 1.82) is 0 Å². The minimum atomic E-state index is -0.389. The molecular weight excluding hydrogens is 238 g/mol. The van der Waals surface area contributed by atoms with E-state index in [1.807, 2.05) is 0 Å². The first-order valence-electron chi connectivity index (χ1n) is 7.34. The van der Waals surface area contributed by atoms with Crippen molar-refractivity contribution in [2.24, 2.45) is 0 Å². The van der Waals surface area contributed by atoms with Crippen molar-refractivity contribution in [2.75, 3.05) is 19.0 Å². The van der Waals surface area contributed by atoms with Gasteiger partial charge >= 0.3 is 0 Å². The molecule has 1 aliphatic carbocycles. The van der Waals surface area contributed by atoms with E-state index >= 15 is 0 Å². The minimum Gasteiger partial charge on any atom is -0.371 e. The van der Waals surface area contributed by atoms with E-state index < -0.39 is 0 Å². The summed E-state index contributed by atoms with van der Waals surface area (Å²) in [4.78, 5) is 9.51. The van der Waals surface area contributed by atoms with E-state index in [0.29, 0.717) is 0 Å². The Morgan fingerprint density at radius 1 is 1.26 bits per heavy atom. The van der Waals surface area contributed by atoms with E-state index in [1.165, 1.54) is 17.7 Å². The quantitative estimate of drug-likeness (QED) is 0.857. The molecule has 0 bridgehead atoms. The zero-order valence-electron chi connectivity index (χ0n) is 12.5. The summed E-state index contributed by atoms with van der Waals surface area (Å²) in [5.74, 6) is 1.84. The van der Waals surface area contributed by atoms with Crippen LogP contribution in [-0.2, 0) is 23.2 Å². The molecule has 1 aliphatic rings. The van der Waals surface area contributed by atoms with Gasteiger partial charge in [0.2, 0.25) is 0 Å². The molecule has 0 radical (unpaired) electrons. The van der Waals surface area contributed by atoms with Gasteiger partial charge < -0.3 is 10.1 Å². The van der Waals surface area contributed by atoms with Gasteiger partial charge in [-0.25, -0.2) is 9.97 Å². The summed E-state index contributed by atoms with van der Waals surface area (Å²) < 4.78 is 5.64. The fourth-order valence-electron chi connectivity index (χ4n) is 2.45. The van der Waals surface area contributed by atoms with E-state index in [9.17, 15) is 0 Å². The zero-order valence-corrected chi connectivity index (χ0v) is 12.5. The van der Waals surface area contributed by atoms with Crippen LogP contribution in [0.1, 0.15) is 57.1 Å². The lowest BCUT2D eigenvalue weighted by Gasteiger charge is -2.26. The van der Waals surface area contributed by atoms with Gasteiger partial charge in [0.1, 0.15) is 11.4 Å². The highest BCUT2D eigenvalue weighted by Gasteiger charge is 2.30. The standard InChI is InChI=1S/C15H25N3O/c1-5-10-16-13-11-8-7-9-12(11)17-14(18-13)15(3,6-2)19-4/h5-10H2,1-4H3,(H,16,17,18). The highest BCUT2D eigenvalue weighted by atomic mass is 16.5. The zero-order chi connectivity index (χ0) is 13.9. The molecule has 2 rings (SSSR count). The molecule has 0 aromatic carbocycles. The highest BCUT2D eigenvalue weighted by Crippen LogP contribution is 2.31. The Bertz CT molecular complexity index is 441. The van der Waals surface area contributed by atoms with Crippen LogP contribution in [0.5, 0.6) is 0 Å². The second-order valence-electron chi connectivity index (χ2n) is 5.39. The maximum Gasteiger partial charge on any atom is 0.162 e. The highest BCUT2D eigenvalue weighted by molar-refractivity contribution is 5.49. The van der Waals surface area contributed by atoms with Crippen LogP contribution in [0, 0.1) is 0 Å². The van der Waals surface area contributed by atoms with Crippen molar-refractivity contribution < 1.29 is 4.74 Å². The van der Waals surface area contributed by atoms with Gasteiger partial charge in [-0.15, -0.1) is 0 Å². The second kappa shape index (κ2) is 5.87. The lowest BCUT2D eigenvalue weighted by molar-refractivity contribution is -0.00902. The van der Waals surface area contributed by atoms with Crippen LogP contribution in [0.15, 0.2) is 0 Å². The number of fused-ring (bicyclic) bond motifs is 1. The molecule has 1 N–H and O–H groups in total. The van der Waals surface area contributed by atoms with Crippen LogP contribution in [0.4, 0.5) is 5.82 Å². The van der Waals surface area contributed by atoms with Gasteiger partial charge in [0, 0.05) is 24.9 Å². The summed E-state index contributed by atoms with van der Waals surface area (Å²) in [7, 11) is 1.74. The molecule has 0 amide bonds. The molecule has 19 heavy (non-hydrogen) atoms. The van der Waals surface area contributed by atoms with Gasteiger partial charge in [-0.1, -0.05) is 13.8 Å². The molecule has 1 unspecified atom stereocenters. The van der Waals surface area contributed by atoms with Crippen molar-refractivity contribution >= 4 is 5.82 Å². The molecule has 0 saturated carbocycles. The molecular formula is C15H25N3O. The Balaban J connectivity index is 2.41. The van der Waals surface area contributed by atoms with Gasteiger partial charge in [0.15, 0.2) is 5.82 Å². The second-order valence-corrected chi connectivity index (χ2v) is 5.39. The van der Waals surface area contributed by atoms with E-state index in [-0.39, 0.29) is 5.60 Å². The van der Waals surface area contributed by atoms with E-state index in [0.717, 1.165) is 43.9 Å². The average Bonchev–Trinajstić information content (AvgIpc) is 2.92. The topological polar surface area (TPSA) is 47.0 Å². The summed E-state index contributed by atoms with van der Waals surface area (Å²) in [5.41, 5.74) is 2.13. The molecule has 1 heterocycles. The monoisotopic (exact) mass is 263 g/mol. The Morgan fingerprint density at radius 3 is 2.68 bits per heavy atom. The molecule has 4 nitrogen and oxygen atoms in total. The normalized spacial score (nSPS) is 17.1. The fourth-order valence-corrected chi connectivity index (χ4v) is 2.45. The van der Waals surface area contributed by atoms with Crippen molar-refractivity contribution in [2.45, 2.75) is 58.5 Å². The number of nitrogens with one attached hydrogen (secondary N) is 1. The molecule has 0 aliphatic heterocycles. The SMILES string of the molecule is CCCNc1nc(C(C)(CC)OC)nc2c1CCC2. The predicted molar refractivity (Wildman–Crippen MR) is 77.5 cm³/mol. The van der Waals surface area contributed by atoms with Crippen LogP contribution in [0.25, 0.3) is 0 Å². The first kappa shape index (κ1) is 14.3. The summed E-state index contributed by atoms with van der Waals surface area (Å²) in [6.07, 6.45) is 5.32. The molecule has 106 valence electrons. The average molecular weight is 263 g/mol. The smallest absolute Gasteiger partial charge is 0.162 e. The third-order valence-corrected chi connectivity index (χ3v) is 4.07. The van der Waals surface area contributed by atoms with E-state index in [4.69, 9.17) is 14.7 Å². The van der Waals surface area contributed by atoms with Crippen molar-refractivity contribution in [3.63, 3.8) is 0 Å². The largest absolute Gasteiger partial charge is 0.371 e. The summed E-state index contributed by atoms with van der Waals surface area (Å²) in [6.45, 7) is 7.30. The number of ether oxygens (including phenoxy) is 1. The van der Waals surface area contributed by atoms with Crippen molar-refractivity contribution in [3.8, 4) is 0 Å². The molecule has 4 heteroatoms. The summed E-state index contributed by atoms with van der Waals surface area (Å²) >= 11 is 0. The lowest BCUT2D eigenvalue weighted by Crippen LogP contribution is -2.27. The first-order chi connectivity index (χ1) is 9.14. The third-order valence-electron chi connectivity index (χ3n) is 4.07. The number of aryl methyl sites for hydroxylation is 1. The van der Waals surface area contributed by atoms with Crippen LogP contribution in [0.3, 0.4) is 0 Å². The maximum absolute atomic E-state index is 5.64. The molecule has 0 fully saturated rings. The number of aromatic nitrogens is 2. The van der Waals surface area contributed by atoms with Gasteiger partial charge in [-0.3, -0.25) is 0 Å². The van der Waals surface area contributed by atoms with Crippen molar-refractivity contribution in [3.05, 3.63) is 17.1 Å². The van der Waals surface area contributed by atoms with Gasteiger partial charge in [0.05, 0.1) is 0 Å². The number of nitrogens with zero attached hydrogens (tertiary/aromatic N) is 2. The number of rotatable bonds is 6. The van der Waals surface area contributed by atoms with E-state index in [2.05, 4.69) is 26.1 Å². The molecule has 1 atom stereocenters. The predicted octanol–water partition coefficient (Wildman–Crippen LogP) is 3.06. The van der Waals surface area contributed by atoms with Crippen LogP contribution in [0.2, 0.25) is 0 Å². The Kier molecular flexibility index (Phi) is 4.40. The summed E-state index contributed by atoms with van der Waals surface area (Å²) in [5, 5.41) is 3.45. The summed E-state index contributed by atoms with van der Waals surface area (Å²) in [6, 6.07) is 0. The van der Waals surface area contributed by atoms with Crippen LogP contribution >= 0.6 is 0 Å². The Labute approximate surface area is 116 Å². The number of hydrogen-bond donors (Lipinski definition) is 1. The molecule has 1 aromatic rings. The lowest BCUT2D eigenvalue weighted by atomic mass is 10.0. The van der Waals surface area contributed by atoms with Gasteiger partial charge in [-0.05, 0) is 39.0 Å². The maximum atomic E-state index is 5.64. The van der Waals surface area contributed by atoms with Crippen molar-refractivity contribution in [1.82, 2.24) is 9.97 Å². The van der Waals surface area contributed by atoms with E-state index in [1.54, 1.807) is 7.11 Å². The third kappa shape index (κ3) is 2.73.